The van der Waals surface area contributed by atoms with Gasteiger partial charge >= 0.3 is 5.97 Å². The Bertz CT molecular complexity index is 699. The van der Waals surface area contributed by atoms with Crippen molar-refractivity contribution in [3.05, 3.63) is 46.2 Å². The molecule has 0 fully saturated rings. The van der Waals surface area contributed by atoms with Gasteiger partial charge < -0.3 is 4.74 Å². The number of halogens is 1. The molecule has 4 nitrogen and oxygen atoms in total. The van der Waals surface area contributed by atoms with Crippen LogP contribution in [0.25, 0.3) is 11.4 Å². The van der Waals surface area contributed by atoms with Crippen LogP contribution in [0.3, 0.4) is 0 Å². The van der Waals surface area contributed by atoms with Gasteiger partial charge in [0.15, 0.2) is 5.82 Å². The highest BCUT2D eigenvalue weighted by atomic mass is 35.5. The van der Waals surface area contributed by atoms with Gasteiger partial charge in [0.05, 0.1) is 18.0 Å². The van der Waals surface area contributed by atoms with Gasteiger partial charge in [-0.25, -0.2) is 14.8 Å². The van der Waals surface area contributed by atoms with Crippen LogP contribution in [0, 0.1) is 6.92 Å². The Balaban J connectivity index is 2.58. The minimum atomic E-state index is -0.358. The smallest absolute Gasteiger partial charge is 0.341 e. The average molecular weight is 333 g/mol. The van der Waals surface area contributed by atoms with Crippen molar-refractivity contribution < 1.29 is 9.53 Å². The third-order valence-corrected chi connectivity index (χ3v) is 4.03. The minimum absolute atomic E-state index is 0.141. The van der Waals surface area contributed by atoms with Gasteiger partial charge in [-0.05, 0) is 50.5 Å². The Hall–Kier alpha value is -1.94. The van der Waals surface area contributed by atoms with Crippen molar-refractivity contribution in [3.63, 3.8) is 0 Å². The number of carbonyl (C=O) groups is 1. The van der Waals surface area contributed by atoms with E-state index in [1.54, 1.807) is 19.1 Å². The lowest BCUT2D eigenvalue weighted by atomic mass is 9.98. The Kier molecular flexibility index (Phi) is 5.72. The van der Waals surface area contributed by atoms with Gasteiger partial charge in [-0.1, -0.05) is 25.4 Å². The van der Waals surface area contributed by atoms with Gasteiger partial charge in [-0.15, -0.1) is 0 Å². The van der Waals surface area contributed by atoms with Crippen LogP contribution in [0.4, 0.5) is 0 Å². The molecule has 1 atom stereocenters. The maximum absolute atomic E-state index is 12.3. The molecule has 0 aliphatic carbocycles. The van der Waals surface area contributed by atoms with Gasteiger partial charge in [-0.3, -0.25) is 0 Å². The van der Waals surface area contributed by atoms with Crippen molar-refractivity contribution >= 4 is 17.6 Å². The Morgan fingerprint density at radius 2 is 1.87 bits per heavy atom. The molecule has 0 bridgehead atoms. The number of aryl methyl sites for hydroxylation is 1. The summed E-state index contributed by atoms with van der Waals surface area (Å²) in [6, 6.07) is 7.36. The van der Waals surface area contributed by atoms with E-state index in [4.69, 9.17) is 16.3 Å². The molecule has 122 valence electrons. The number of carbonyl (C=O) groups excluding carboxylic acids is 1. The fourth-order valence-corrected chi connectivity index (χ4v) is 2.45. The number of hydrogen-bond acceptors (Lipinski definition) is 4. The van der Waals surface area contributed by atoms with E-state index in [9.17, 15) is 4.79 Å². The molecule has 0 aliphatic heterocycles. The van der Waals surface area contributed by atoms with E-state index in [-0.39, 0.29) is 11.9 Å². The van der Waals surface area contributed by atoms with Crippen molar-refractivity contribution in [2.75, 3.05) is 6.61 Å². The molecule has 1 aromatic carbocycles. The van der Waals surface area contributed by atoms with Crippen molar-refractivity contribution in [2.45, 2.75) is 40.0 Å². The van der Waals surface area contributed by atoms with Crippen LogP contribution >= 0.6 is 11.6 Å². The minimum Gasteiger partial charge on any atom is -0.462 e. The van der Waals surface area contributed by atoms with Crippen LogP contribution in [0.2, 0.25) is 5.02 Å². The number of ether oxygens (including phenoxy) is 1. The summed E-state index contributed by atoms with van der Waals surface area (Å²) in [6.45, 7) is 8.06. The highest BCUT2D eigenvalue weighted by Crippen LogP contribution is 2.27. The van der Waals surface area contributed by atoms with Crippen LogP contribution in [0.1, 0.15) is 54.9 Å². The number of rotatable bonds is 5. The Morgan fingerprint density at radius 3 is 2.43 bits per heavy atom. The molecule has 0 saturated carbocycles. The summed E-state index contributed by atoms with van der Waals surface area (Å²) < 4.78 is 5.17. The molecule has 1 unspecified atom stereocenters. The van der Waals surface area contributed by atoms with E-state index in [1.807, 2.05) is 19.1 Å². The predicted octanol–water partition coefficient (Wildman–Crippen LogP) is 4.80. The van der Waals surface area contributed by atoms with Gasteiger partial charge in [0.1, 0.15) is 5.56 Å². The summed E-state index contributed by atoms with van der Waals surface area (Å²) in [5.74, 6) is 0.382. The van der Waals surface area contributed by atoms with Gasteiger partial charge in [-0.2, -0.15) is 0 Å². The van der Waals surface area contributed by atoms with Gasteiger partial charge in [0.25, 0.3) is 0 Å². The molecule has 0 spiro atoms. The molecule has 0 radical (unpaired) electrons. The summed E-state index contributed by atoms with van der Waals surface area (Å²) in [5.41, 5.74) is 2.73. The number of aromatic nitrogens is 2. The quantitative estimate of drug-likeness (QED) is 0.738. The Morgan fingerprint density at radius 1 is 1.22 bits per heavy atom. The van der Waals surface area contributed by atoms with Gasteiger partial charge in [0.2, 0.25) is 0 Å². The second-order valence-corrected chi connectivity index (χ2v) is 5.87. The van der Waals surface area contributed by atoms with Crippen LogP contribution in [0.5, 0.6) is 0 Å². The SMILES string of the molecule is CCOC(=O)c1c(C)nc(-c2ccc(Cl)cc2)nc1C(C)CC. The molecule has 0 saturated heterocycles. The number of nitrogens with zero attached hydrogens (tertiary/aromatic N) is 2. The first kappa shape index (κ1) is 17.4. The first-order valence-electron chi connectivity index (χ1n) is 7.79. The highest BCUT2D eigenvalue weighted by Gasteiger charge is 2.23. The summed E-state index contributed by atoms with van der Waals surface area (Å²) in [7, 11) is 0. The molecule has 0 aliphatic rings. The third kappa shape index (κ3) is 3.88. The maximum Gasteiger partial charge on any atom is 0.341 e. The third-order valence-electron chi connectivity index (χ3n) is 3.78. The number of esters is 1. The molecule has 2 rings (SSSR count). The van der Waals surface area contributed by atoms with E-state index in [0.717, 1.165) is 17.7 Å². The van der Waals surface area contributed by atoms with E-state index in [1.165, 1.54) is 0 Å². The highest BCUT2D eigenvalue weighted by molar-refractivity contribution is 6.30. The summed E-state index contributed by atoms with van der Waals surface area (Å²) in [6.07, 6.45) is 0.878. The molecular formula is C18H21ClN2O2. The normalized spacial score (nSPS) is 12.0. The molecule has 2 aromatic rings. The average Bonchev–Trinajstić information content (AvgIpc) is 2.54. The van der Waals surface area contributed by atoms with Crippen molar-refractivity contribution in [2.24, 2.45) is 0 Å². The topological polar surface area (TPSA) is 52.1 Å². The molecular weight excluding hydrogens is 312 g/mol. The molecule has 0 N–H and O–H groups in total. The standard InChI is InChI=1S/C18H21ClN2O2/c1-5-11(3)16-15(18(22)23-6-2)12(4)20-17(21-16)13-7-9-14(19)10-8-13/h7-11H,5-6H2,1-4H3. The lowest BCUT2D eigenvalue weighted by Crippen LogP contribution is -2.16. The molecule has 1 aromatic heterocycles. The molecule has 1 heterocycles. The first-order valence-corrected chi connectivity index (χ1v) is 8.17. The lowest BCUT2D eigenvalue weighted by Gasteiger charge is -2.16. The van der Waals surface area contributed by atoms with E-state index in [2.05, 4.69) is 23.8 Å². The first-order chi connectivity index (χ1) is 11.0. The second kappa shape index (κ2) is 7.55. The molecule has 0 amide bonds. The zero-order valence-corrected chi connectivity index (χ0v) is 14.6. The van der Waals surface area contributed by atoms with Crippen LogP contribution in [-0.2, 0) is 4.74 Å². The summed E-state index contributed by atoms with van der Waals surface area (Å²) >= 11 is 5.93. The van der Waals surface area contributed by atoms with Crippen LogP contribution < -0.4 is 0 Å². The fraction of sp³-hybridized carbons (Fsp3) is 0.389. The second-order valence-electron chi connectivity index (χ2n) is 5.43. The zero-order chi connectivity index (χ0) is 17.0. The molecule has 23 heavy (non-hydrogen) atoms. The summed E-state index contributed by atoms with van der Waals surface area (Å²) in [4.78, 5) is 21.4. The maximum atomic E-state index is 12.3. The van der Waals surface area contributed by atoms with Crippen LogP contribution in [-0.4, -0.2) is 22.5 Å². The summed E-state index contributed by atoms with van der Waals surface area (Å²) in [5, 5.41) is 0.663. The monoisotopic (exact) mass is 332 g/mol. The van der Waals surface area contributed by atoms with E-state index >= 15 is 0 Å². The fourth-order valence-electron chi connectivity index (χ4n) is 2.33. The number of hydrogen-bond donors (Lipinski definition) is 0. The Labute approximate surface area is 141 Å². The van der Waals surface area contributed by atoms with E-state index in [0.29, 0.717) is 28.7 Å². The molecule has 5 heteroatoms. The van der Waals surface area contributed by atoms with E-state index < -0.39 is 0 Å². The predicted molar refractivity (Wildman–Crippen MR) is 91.9 cm³/mol. The number of benzene rings is 1. The lowest BCUT2D eigenvalue weighted by molar-refractivity contribution is 0.0522. The van der Waals surface area contributed by atoms with Crippen molar-refractivity contribution in [1.29, 1.82) is 0 Å². The van der Waals surface area contributed by atoms with Crippen LogP contribution in [0.15, 0.2) is 24.3 Å². The van der Waals surface area contributed by atoms with Crippen molar-refractivity contribution in [1.82, 2.24) is 9.97 Å². The van der Waals surface area contributed by atoms with Gasteiger partial charge in [0, 0.05) is 10.6 Å². The zero-order valence-electron chi connectivity index (χ0n) is 13.9. The van der Waals surface area contributed by atoms with Crippen molar-refractivity contribution in [3.8, 4) is 11.4 Å². The largest absolute Gasteiger partial charge is 0.462 e.